The first-order valence-electron chi connectivity index (χ1n) is 10.4. The van der Waals surface area contributed by atoms with Gasteiger partial charge in [0, 0.05) is 19.2 Å². The number of nitrogens with zero attached hydrogens (tertiary/aromatic N) is 2. The van der Waals surface area contributed by atoms with E-state index in [0.29, 0.717) is 36.1 Å². The molecule has 2 aliphatic rings. The zero-order chi connectivity index (χ0) is 23.0. The number of imide groups is 1. The van der Waals surface area contributed by atoms with E-state index < -0.39 is 29.1 Å². The molecule has 4 rings (SSSR count). The summed E-state index contributed by atoms with van der Waals surface area (Å²) in [6.07, 6.45) is 1.87. The summed E-state index contributed by atoms with van der Waals surface area (Å²) in [5, 5.41) is 0. The first kappa shape index (κ1) is 21.8. The highest BCUT2D eigenvalue weighted by molar-refractivity contribution is 6.45. The van der Waals surface area contributed by atoms with Crippen LogP contribution in [0.15, 0.2) is 42.1 Å². The summed E-state index contributed by atoms with van der Waals surface area (Å²) in [6.45, 7) is 3.26. The largest absolute Gasteiger partial charge is 0.493 e. The minimum atomic E-state index is -0.854. The third-order valence-electron chi connectivity index (χ3n) is 5.85. The molecule has 168 valence electrons. The lowest BCUT2D eigenvalue weighted by atomic mass is 9.97. The Kier molecular flexibility index (Phi) is 5.86. The molecule has 0 aliphatic carbocycles. The smallest absolute Gasteiger partial charge is 0.282 e. The lowest BCUT2D eigenvalue weighted by Crippen LogP contribution is -2.39. The lowest BCUT2D eigenvalue weighted by Gasteiger charge is -2.33. The molecule has 0 saturated carbocycles. The Morgan fingerprint density at radius 2 is 1.72 bits per heavy atom. The SMILES string of the molecule is COc1ccc(C2=C(N3CCCC(C)C3)C(=O)N(c3cc(F)ccc3F)C2=O)cc1OC. The molecule has 0 radical (unpaired) electrons. The summed E-state index contributed by atoms with van der Waals surface area (Å²) in [5.41, 5.74) is 0.359. The van der Waals surface area contributed by atoms with Crippen LogP contribution in [0.2, 0.25) is 0 Å². The van der Waals surface area contributed by atoms with Gasteiger partial charge in [-0.3, -0.25) is 9.59 Å². The van der Waals surface area contributed by atoms with E-state index >= 15 is 0 Å². The van der Waals surface area contributed by atoms with Gasteiger partial charge < -0.3 is 14.4 Å². The van der Waals surface area contributed by atoms with E-state index in [0.717, 1.165) is 35.9 Å². The second-order valence-electron chi connectivity index (χ2n) is 8.03. The van der Waals surface area contributed by atoms with Crippen molar-refractivity contribution < 1.29 is 27.8 Å². The third kappa shape index (κ3) is 3.70. The van der Waals surface area contributed by atoms with Crippen LogP contribution < -0.4 is 14.4 Å². The molecule has 0 bridgehead atoms. The maximum Gasteiger partial charge on any atom is 0.282 e. The number of ether oxygens (including phenoxy) is 2. The molecule has 2 amide bonds. The highest BCUT2D eigenvalue weighted by Crippen LogP contribution is 2.39. The summed E-state index contributed by atoms with van der Waals surface area (Å²) in [4.78, 5) is 29.6. The zero-order valence-electron chi connectivity index (χ0n) is 18.2. The molecule has 8 heteroatoms. The van der Waals surface area contributed by atoms with Gasteiger partial charge in [0.05, 0.1) is 25.5 Å². The van der Waals surface area contributed by atoms with Crippen molar-refractivity contribution in [2.45, 2.75) is 19.8 Å². The fourth-order valence-electron chi connectivity index (χ4n) is 4.33. The maximum atomic E-state index is 14.6. The van der Waals surface area contributed by atoms with Crippen LogP contribution in [0.1, 0.15) is 25.3 Å². The molecule has 1 fully saturated rings. The van der Waals surface area contributed by atoms with Crippen molar-refractivity contribution in [2.75, 3.05) is 32.2 Å². The predicted molar refractivity (Wildman–Crippen MR) is 115 cm³/mol. The Bertz CT molecular complexity index is 1120. The Balaban J connectivity index is 1.88. The Labute approximate surface area is 185 Å². The molecule has 0 spiro atoms. The summed E-state index contributed by atoms with van der Waals surface area (Å²) in [5.74, 6) is -1.79. The van der Waals surface area contributed by atoms with Gasteiger partial charge in [-0.1, -0.05) is 13.0 Å². The Hall–Kier alpha value is -3.42. The summed E-state index contributed by atoms with van der Waals surface area (Å²) in [7, 11) is 2.97. The first-order chi connectivity index (χ1) is 15.3. The second-order valence-corrected chi connectivity index (χ2v) is 8.03. The highest BCUT2D eigenvalue weighted by atomic mass is 19.1. The number of methoxy groups -OCH3 is 2. The van der Waals surface area contributed by atoms with E-state index in [2.05, 4.69) is 6.92 Å². The molecule has 6 nitrogen and oxygen atoms in total. The number of hydrogen-bond donors (Lipinski definition) is 0. The van der Waals surface area contributed by atoms with Crippen LogP contribution >= 0.6 is 0 Å². The number of piperidine rings is 1. The number of amides is 2. The van der Waals surface area contributed by atoms with Gasteiger partial charge in [-0.2, -0.15) is 0 Å². The highest BCUT2D eigenvalue weighted by Gasteiger charge is 2.44. The van der Waals surface area contributed by atoms with Gasteiger partial charge in [0.25, 0.3) is 11.8 Å². The average Bonchev–Trinajstić information content (AvgIpc) is 3.04. The molecule has 1 unspecified atom stereocenters. The normalized spacial score (nSPS) is 19.1. The van der Waals surface area contributed by atoms with Gasteiger partial charge in [0.15, 0.2) is 11.5 Å². The maximum absolute atomic E-state index is 14.6. The second kappa shape index (κ2) is 8.61. The predicted octanol–water partition coefficient (Wildman–Crippen LogP) is 4.00. The lowest BCUT2D eigenvalue weighted by molar-refractivity contribution is -0.120. The van der Waals surface area contributed by atoms with Crippen LogP contribution in [0.25, 0.3) is 5.57 Å². The van der Waals surface area contributed by atoms with Crippen LogP contribution in [0.5, 0.6) is 11.5 Å². The number of likely N-dealkylation sites (tertiary alicyclic amines) is 1. The first-order valence-corrected chi connectivity index (χ1v) is 10.4. The van der Waals surface area contributed by atoms with E-state index in [-0.39, 0.29) is 11.3 Å². The third-order valence-corrected chi connectivity index (χ3v) is 5.85. The molecule has 32 heavy (non-hydrogen) atoms. The summed E-state index contributed by atoms with van der Waals surface area (Å²) >= 11 is 0. The number of rotatable bonds is 5. The number of hydrogen-bond acceptors (Lipinski definition) is 5. The molecule has 2 aromatic carbocycles. The van der Waals surface area contributed by atoms with Crippen LogP contribution in [0.4, 0.5) is 14.5 Å². The van der Waals surface area contributed by atoms with Gasteiger partial charge in [0.1, 0.15) is 17.3 Å². The minimum absolute atomic E-state index is 0.133. The van der Waals surface area contributed by atoms with Crippen molar-refractivity contribution in [3.05, 3.63) is 59.3 Å². The van der Waals surface area contributed by atoms with Crippen molar-refractivity contribution >= 4 is 23.1 Å². The van der Waals surface area contributed by atoms with Crippen molar-refractivity contribution in [3.8, 4) is 11.5 Å². The van der Waals surface area contributed by atoms with E-state index in [1.165, 1.54) is 14.2 Å². The Morgan fingerprint density at radius 1 is 0.969 bits per heavy atom. The van der Waals surface area contributed by atoms with E-state index in [1.807, 2.05) is 4.90 Å². The summed E-state index contributed by atoms with van der Waals surface area (Å²) in [6, 6.07) is 7.61. The molecule has 0 N–H and O–H groups in total. The van der Waals surface area contributed by atoms with Gasteiger partial charge in [-0.15, -0.1) is 0 Å². The number of carbonyl (C=O) groups is 2. The van der Waals surface area contributed by atoms with Crippen molar-refractivity contribution in [2.24, 2.45) is 5.92 Å². The molecule has 1 saturated heterocycles. The summed E-state index contributed by atoms with van der Waals surface area (Å²) < 4.78 is 39.1. The average molecular weight is 442 g/mol. The zero-order valence-corrected chi connectivity index (χ0v) is 18.2. The van der Waals surface area contributed by atoms with E-state index in [9.17, 15) is 18.4 Å². The number of carbonyl (C=O) groups excluding carboxylic acids is 2. The fraction of sp³-hybridized carbons (Fsp3) is 0.333. The number of anilines is 1. The molecule has 2 aliphatic heterocycles. The van der Waals surface area contributed by atoms with Crippen LogP contribution in [-0.4, -0.2) is 44.0 Å². The minimum Gasteiger partial charge on any atom is -0.493 e. The van der Waals surface area contributed by atoms with Crippen molar-refractivity contribution in [1.29, 1.82) is 0 Å². The molecule has 0 aromatic heterocycles. The topological polar surface area (TPSA) is 59.1 Å². The monoisotopic (exact) mass is 442 g/mol. The fourth-order valence-corrected chi connectivity index (χ4v) is 4.33. The quantitative estimate of drug-likeness (QED) is 0.656. The van der Waals surface area contributed by atoms with Crippen LogP contribution in [0, 0.1) is 17.6 Å². The molecule has 2 heterocycles. The molecule has 2 aromatic rings. The van der Waals surface area contributed by atoms with E-state index in [4.69, 9.17) is 9.47 Å². The van der Waals surface area contributed by atoms with Crippen LogP contribution in [-0.2, 0) is 9.59 Å². The molecular formula is C24H24F2N2O4. The van der Waals surface area contributed by atoms with Gasteiger partial charge >= 0.3 is 0 Å². The van der Waals surface area contributed by atoms with Crippen molar-refractivity contribution in [1.82, 2.24) is 4.90 Å². The standard InChI is InChI=1S/C24H24F2N2O4/c1-14-5-4-10-27(13-14)22-21(15-6-9-19(31-2)20(11-15)32-3)23(29)28(24(22)30)18-12-16(25)7-8-17(18)26/h6-9,11-12,14H,4-5,10,13H2,1-3H3. The van der Waals surface area contributed by atoms with Crippen molar-refractivity contribution in [3.63, 3.8) is 0 Å². The van der Waals surface area contributed by atoms with Crippen LogP contribution in [0.3, 0.4) is 0 Å². The Morgan fingerprint density at radius 3 is 2.41 bits per heavy atom. The van der Waals surface area contributed by atoms with Gasteiger partial charge in [0.2, 0.25) is 0 Å². The van der Waals surface area contributed by atoms with E-state index in [1.54, 1.807) is 18.2 Å². The van der Waals surface area contributed by atoms with Gasteiger partial charge in [-0.05, 0) is 48.6 Å². The number of halogens is 2. The van der Waals surface area contributed by atoms with Gasteiger partial charge in [-0.25, -0.2) is 13.7 Å². The molecule has 1 atom stereocenters. The molecular weight excluding hydrogens is 418 g/mol. The number of benzene rings is 2.